The first-order chi connectivity index (χ1) is 9.52. The van der Waals surface area contributed by atoms with Crippen LogP contribution >= 0.6 is 11.3 Å². The van der Waals surface area contributed by atoms with Crippen molar-refractivity contribution in [2.75, 3.05) is 7.11 Å². The van der Waals surface area contributed by atoms with Crippen LogP contribution in [0.25, 0.3) is 0 Å². The number of carbonyl (C=O) groups is 1. The molecule has 0 fully saturated rings. The normalized spacial score (nSPS) is 12.1. The third-order valence-corrected chi connectivity index (χ3v) is 3.68. The van der Waals surface area contributed by atoms with Crippen molar-refractivity contribution < 1.29 is 19.1 Å². The van der Waals surface area contributed by atoms with Crippen LogP contribution in [0.3, 0.4) is 0 Å². The topological polar surface area (TPSA) is 76.7 Å². The SMILES string of the molecule is COC(=O)C[C@@H](c1ccsc1)c1c(O)cc(C)oc1=O. The van der Waals surface area contributed by atoms with Crippen LogP contribution in [0.1, 0.15) is 29.2 Å². The van der Waals surface area contributed by atoms with Gasteiger partial charge in [0, 0.05) is 12.0 Å². The van der Waals surface area contributed by atoms with Gasteiger partial charge >= 0.3 is 11.6 Å². The highest BCUT2D eigenvalue weighted by Gasteiger charge is 2.26. The van der Waals surface area contributed by atoms with E-state index in [-0.39, 0.29) is 17.7 Å². The maximum Gasteiger partial charge on any atom is 0.343 e. The maximum absolute atomic E-state index is 12.0. The van der Waals surface area contributed by atoms with E-state index in [9.17, 15) is 14.7 Å². The van der Waals surface area contributed by atoms with Crippen LogP contribution in [0.5, 0.6) is 5.75 Å². The van der Waals surface area contributed by atoms with E-state index in [1.807, 2.05) is 10.8 Å². The molecule has 0 aliphatic carbocycles. The van der Waals surface area contributed by atoms with Crippen molar-refractivity contribution in [1.82, 2.24) is 0 Å². The highest BCUT2D eigenvalue weighted by atomic mass is 32.1. The third kappa shape index (κ3) is 2.91. The molecule has 2 aromatic heterocycles. The average molecular weight is 294 g/mol. The van der Waals surface area contributed by atoms with E-state index >= 15 is 0 Å². The number of hydrogen-bond acceptors (Lipinski definition) is 6. The molecule has 0 aliphatic heterocycles. The zero-order valence-corrected chi connectivity index (χ0v) is 11.9. The molecule has 106 valence electrons. The Morgan fingerprint density at radius 2 is 2.30 bits per heavy atom. The molecule has 0 saturated heterocycles. The van der Waals surface area contributed by atoms with E-state index in [1.54, 1.807) is 13.0 Å². The molecule has 0 spiro atoms. The molecular formula is C14H14O5S. The molecule has 1 N–H and O–H groups in total. The first-order valence-corrected chi connectivity index (χ1v) is 6.89. The molecule has 0 bridgehead atoms. The summed E-state index contributed by atoms with van der Waals surface area (Å²) in [5.74, 6) is -0.886. The lowest BCUT2D eigenvalue weighted by molar-refractivity contribution is -0.140. The summed E-state index contributed by atoms with van der Waals surface area (Å²) >= 11 is 1.45. The predicted octanol–water partition coefficient (Wildman–Crippen LogP) is 2.41. The lowest BCUT2D eigenvalue weighted by Crippen LogP contribution is -2.17. The van der Waals surface area contributed by atoms with Crippen molar-refractivity contribution >= 4 is 17.3 Å². The van der Waals surface area contributed by atoms with Gasteiger partial charge in [0.1, 0.15) is 11.5 Å². The number of ether oxygens (including phenoxy) is 1. The molecule has 0 unspecified atom stereocenters. The first-order valence-electron chi connectivity index (χ1n) is 5.95. The molecule has 2 heterocycles. The van der Waals surface area contributed by atoms with Gasteiger partial charge in [-0.1, -0.05) is 0 Å². The van der Waals surface area contributed by atoms with Gasteiger partial charge in [0.2, 0.25) is 0 Å². The fourth-order valence-electron chi connectivity index (χ4n) is 2.04. The summed E-state index contributed by atoms with van der Waals surface area (Å²) in [7, 11) is 1.28. The minimum atomic E-state index is -0.636. The number of aromatic hydroxyl groups is 1. The molecule has 0 aromatic carbocycles. The highest BCUT2D eigenvalue weighted by Crippen LogP contribution is 2.33. The summed E-state index contributed by atoms with van der Waals surface area (Å²) < 4.78 is 9.67. The number of aryl methyl sites for hydroxylation is 1. The summed E-state index contributed by atoms with van der Waals surface area (Å²) in [6, 6.07) is 3.17. The largest absolute Gasteiger partial charge is 0.507 e. The van der Waals surface area contributed by atoms with Crippen LogP contribution in [0, 0.1) is 6.92 Å². The second-order valence-electron chi connectivity index (χ2n) is 4.33. The molecule has 20 heavy (non-hydrogen) atoms. The van der Waals surface area contributed by atoms with E-state index in [2.05, 4.69) is 4.74 Å². The minimum absolute atomic E-state index is 0.0331. The highest BCUT2D eigenvalue weighted by molar-refractivity contribution is 7.08. The molecule has 0 radical (unpaired) electrons. The zero-order chi connectivity index (χ0) is 14.7. The van der Waals surface area contributed by atoms with Crippen molar-refractivity contribution in [1.29, 1.82) is 0 Å². The minimum Gasteiger partial charge on any atom is -0.507 e. The second-order valence-corrected chi connectivity index (χ2v) is 5.11. The fraction of sp³-hybridized carbons (Fsp3) is 0.286. The van der Waals surface area contributed by atoms with E-state index in [4.69, 9.17) is 4.42 Å². The fourth-order valence-corrected chi connectivity index (χ4v) is 2.75. The number of methoxy groups -OCH3 is 1. The molecule has 0 amide bonds. The summed E-state index contributed by atoms with van der Waals surface area (Å²) in [6.07, 6.45) is -0.0331. The molecule has 0 aliphatic rings. The summed E-state index contributed by atoms with van der Waals surface area (Å²) in [5, 5.41) is 13.7. The van der Waals surface area contributed by atoms with Gasteiger partial charge in [0.05, 0.1) is 19.1 Å². The van der Waals surface area contributed by atoms with Crippen LogP contribution < -0.4 is 5.63 Å². The molecular weight excluding hydrogens is 280 g/mol. The summed E-state index contributed by atoms with van der Waals surface area (Å²) in [5.41, 5.74) is 0.217. The van der Waals surface area contributed by atoms with E-state index < -0.39 is 17.5 Å². The van der Waals surface area contributed by atoms with Crippen molar-refractivity contribution in [3.63, 3.8) is 0 Å². The van der Waals surface area contributed by atoms with Crippen molar-refractivity contribution in [2.45, 2.75) is 19.3 Å². The zero-order valence-electron chi connectivity index (χ0n) is 11.1. The number of hydrogen-bond donors (Lipinski definition) is 1. The van der Waals surface area contributed by atoms with E-state index in [0.717, 1.165) is 5.56 Å². The molecule has 6 heteroatoms. The van der Waals surface area contributed by atoms with Gasteiger partial charge in [-0.15, -0.1) is 0 Å². The molecule has 1 atom stereocenters. The lowest BCUT2D eigenvalue weighted by Gasteiger charge is -2.15. The standard InChI is InChI=1S/C14H14O5S/c1-8-5-11(15)13(14(17)19-8)10(6-12(16)18-2)9-3-4-20-7-9/h3-5,7,10,15H,6H2,1-2H3/t10-/m0/s1. The Balaban J connectivity index is 2.52. The van der Waals surface area contributed by atoms with Gasteiger partial charge in [0.15, 0.2) is 0 Å². The van der Waals surface area contributed by atoms with E-state index in [0.29, 0.717) is 5.76 Å². The van der Waals surface area contributed by atoms with Gasteiger partial charge in [-0.25, -0.2) is 4.79 Å². The Kier molecular flexibility index (Phi) is 4.24. The third-order valence-electron chi connectivity index (χ3n) is 2.98. The summed E-state index contributed by atoms with van der Waals surface area (Å²) in [6.45, 7) is 1.57. The molecule has 0 saturated carbocycles. The van der Waals surface area contributed by atoms with Gasteiger partial charge in [-0.05, 0) is 29.3 Å². The number of carbonyl (C=O) groups excluding carboxylic acids is 1. The van der Waals surface area contributed by atoms with Gasteiger partial charge in [-0.2, -0.15) is 11.3 Å². The van der Waals surface area contributed by atoms with Crippen LogP contribution in [0.2, 0.25) is 0 Å². The maximum atomic E-state index is 12.0. The molecule has 2 aromatic rings. The number of rotatable bonds is 4. The van der Waals surface area contributed by atoms with Gasteiger partial charge in [0.25, 0.3) is 0 Å². The number of esters is 1. The summed E-state index contributed by atoms with van der Waals surface area (Å²) in [4.78, 5) is 23.5. The average Bonchev–Trinajstić information content (AvgIpc) is 2.89. The Morgan fingerprint density at radius 3 is 2.85 bits per heavy atom. The van der Waals surface area contributed by atoms with E-state index in [1.165, 1.54) is 24.5 Å². The monoisotopic (exact) mass is 294 g/mol. The quantitative estimate of drug-likeness (QED) is 0.876. The smallest absolute Gasteiger partial charge is 0.343 e. The predicted molar refractivity (Wildman–Crippen MR) is 74.2 cm³/mol. The van der Waals surface area contributed by atoms with Crippen molar-refractivity contribution in [3.05, 3.63) is 50.2 Å². The Hall–Kier alpha value is -2.08. The van der Waals surface area contributed by atoms with Gasteiger partial charge < -0.3 is 14.3 Å². The van der Waals surface area contributed by atoms with Gasteiger partial charge in [-0.3, -0.25) is 4.79 Å². The molecule has 2 rings (SSSR count). The Bertz CT molecular complexity index is 657. The molecule has 5 nitrogen and oxygen atoms in total. The van der Waals surface area contributed by atoms with Crippen molar-refractivity contribution in [2.24, 2.45) is 0 Å². The number of thiophene rings is 1. The first kappa shape index (κ1) is 14.3. The van der Waals surface area contributed by atoms with Crippen LogP contribution in [-0.4, -0.2) is 18.2 Å². The van der Waals surface area contributed by atoms with Crippen LogP contribution in [0.4, 0.5) is 0 Å². The van der Waals surface area contributed by atoms with Crippen molar-refractivity contribution in [3.8, 4) is 5.75 Å². The lowest BCUT2D eigenvalue weighted by atomic mass is 9.91. The Morgan fingerprint density at radius 1 is 1.55 bits per heavy atom. The second kappa shape index (κ2) is 5.92. The van der Waals surface area contributed by atoms with Crippen LogP contribution in [-0.2, 0) is 9.53 Å². The van der Waals surface area contributed by atoms with Crippen LogP contribution in [0.15, 0.2) is 32.1 Å². The Labute approximate surface area is 119 Å².